The number of likely N-dealkylation sites (tertiary alicyclic amines) is 1. The van der Waals surface area contributed by atoms with Crippen LogP contribution in [0.15, 0.2) is 66.7 Å². The van der Waals surface area contributed by atoms with Gasteiger partial charge in [-0.3, -0.25) is 4.79 Å². The summed E-state index contributed by atoms with van der Waals surface area (Å²) in [4.78, 5) is 16.8. The van der Waals surface area contributed by atoms with E-state index in [0.29, 0.717) is 12.0 Å². The standard InChI is InChI=1S/C31H33NO2S/c1-21-5-11-25(12-6-21)30(34)31-28(27-14-13-26(33)19-29(27)35-31)18-24-9-7-23(8-10-24)4-3-16-32-17-15-22(2)20-32/h5-14,19,22,33H,3-4,15-18,20H2,1-2H3. The number of ketones is 1. The van der Waals surface area contributed by atoms with Crippen molar-refractivity contribution < 1.29 is 9.90 Å². The van der Waals surface area contributed by atoms with Gasteiger partial charge in [-0.1, -0.05) is 61.0 Å². The third-order valence-corrected chi connectivity index (χ3v) is 8.34. The Morgan fingerprint density at radius 1 is 1.03 bits per heavy atom. The number of phenols is 1. The molecule has 1 unspecified atom stereocenters. The van der Waals surface area contributed by atoms with Crippen LogP contribution in [0.1, 0.15) is 57.3 Å². The summed E-state index contributed by atoms with van der Waals surface area (Å²) in [6, 6.07) is 22.1. The number of nitrogens with zero attached hydrogens (tertiary/aromatic N) is 1. The molecule has 4 heteroatoms. The number of aromatic hydroxyl groups is 1. The van der Waals surface area contributed by atoms with E-state index in [1.54, 1.807) is 12.1 Å². The molecule has 0 spiro atoms. The first-order valence-electron chi connectivity index (χ1n) is 12.6. The lowest BCUT2D eigenvalue weighted by Gasteiger charge is -2.14. The molecule has 180 valence electrons. The van der Waals surface area contributed by atoms with E-state index < -0.39 is 0 Å². The van der Waals surface area contributed by atoms with Crippen molar-refractivity contribution in [3.8, 4) is 5.75 Å². The second-order valence-electron chi connectivity index (χ2n) is 10.1. The zero-order chi connectivity index (χ0) is 24.4. The van der Waals surface area contributed by atoms with Crippen LogP contribution in [0.3, 0.4) is 0 Å². The molecule has 0 amide bonds. The molecule has 3 nitrogen and oxygen atoms in total. The lowest BCUT2D eigenvalue weighted by molar-refractivity contribution is 0.104. The van der Waals surface area contributed by atoms with Crippen molar-refractivity contribution in [3.63, 3.8) is 0 Å². The molecule has 0 radical (unpaired) electrons. The van der Waals surface area contributed by atoms with Crippen molar-refractivity contribution in [3.05, 3.63) is 99.4 Å². The van der Waals surface area contributed by atoms with E-state index in [2.05, 4.69) is 36.1 Å². The fraction of sp³-hybridized carbons (Fsp3) is 0.323. The predicted octanol–water partition coefficient (Wildman–Crippen LogP) is 7.01. The average Bonchev–Trinajstić information content (AvgIpc) is 3.43. The lowest BCUT2D eigenvalue weighted by Crippen LogP contribution is -2.21. The van der Waals surface area contributed by atoms with Gasteiger partial charge in [-0.05, 0) is 91.9 Å². The van der Waals surface area contributed by atoms with Crippen molar-refractivity contribution in [2.45, 2.75) is 39.5 Å². The Balaban J connectivity index is 1.34. The lowest BCUT2D eigenvalue weighted by atomic mass is 9.97. The van der Waals surface area contributed by atoms with Crippen LogP contribution in [-0.4, -0.2) is 35.4 Å². The molecule has 5 rings (SSSR count). The Labute approximate surface area is 212 Å². The molecular formula is C31H33NO2S. The van der Waals surface area contributed by atoms with Gasteiger partial charge in [0.15, 0.2) is 0 Å². The Hall–Kier alpha value is -2.95. The molecule has 1 saturated heterocycles. The highest BCUT2D eigenvalue weighted by molar-refractivity contribution is 7.21. The van der Waals surface area contributed by atoms with Crippen molar-refractivity contribution in [1.82, 2.24) is 4.90 Å². The molecule has 1 atom stereocenters. The van der Waals surface area contributed by atoms with E-state index in [-0.39, 0.29) is 11.5 Å². The number of thiophene rings is 1. The van der Waals surface area contributed by atoms with Crippen molar-refractivity contribution >= 4 is 27.2 Å². The number of hydrogen-bond donors (Lipinski definition) is 1. The SMILES string of the molecule is Cc1ccc(C(=O)c2sc3cc(O)ccc3c2Cc2ccc(CCCN3CCC(C)C3)cc2)cc1. The highest BCUT2D eigenvalue weighted by atomic mass is 32.1. The maximum absolute atomic E-state index is 13.5. The maximum Gasteiger partial charge on any atom is 0.203 e. The van der Waals surface area contributed by atoms with E-state index in [9.17, 15) is 9.90 Å². The van der Waals surface area contributed by atoms with Crippen molar-refractivity contribution in [2.75, 3.05) is 19.6 Å². The van der Waals surface area contributed by atoms with Gasteiger partial charge >= 0.3 is 0 Å². The van der Waals surface area contributed by atoms with Gasteiger partial charge in [0, 0.05) is 16.8 Å². The summed E-state index contributed by atoms with van der Waals surface area (Å²) >= 11 is 1.48. The van der Waals surface area contributed by atoms with Gasteiger partial charge in [-0.2, -0.15) is 0 Å². The second-order valence-corrected chi connectivity index (χ2v) is 11.1. The number of rotatable bonds is 8. The van der Waals surface area contributed by atoms with Gasteiger partial charge in [0.1, 0.15) is 5.75 Å². The third-order valence-electron chi connectivity index (χ3n) is 7.15. The van der Waals surface area contributed by atoms with E-state index in [1.807, 2.05) is 37.3 Å². The number of benzene rings is 3. The Bertz CT molecular complexity index is 1320. The van der Waals surface area contributed by atoms with Crippen LogP contribution in [0.5, 0.6) is 5.75 Å². The van der Waals surface area contributed by atoms with E-state index >= 15 is 0 Å². The first-order valence-corrected chi connectivity index (χ1v) is 13.4. The highest BCUT2D eigenvalue weighted by Gasteiger charge is 2.21. The number of aryl methyl sites for hydroxylation is 2. The molecule has 1 aromatic heterocycles. The molecule has 3 aromatic carbocycles. The van der Waals surface area contributed by atoms with Crippen LogP contribution in [0.4, 0.5) is 0 Å². The maximum atomic E-state index is 13.5. The van der Waals surface area contributed by atoms with E-state index in [4.69, 9.17) is 0 Å². The molecular weight excluding hydrogens is 450 g/mol. The molecule has 1 aliphatic heterocycles. The highest BCUT2D eigenvalue weighted by Crippen LogP contribution is 2.36. The number of fused-ring (bicyclic) bond motifs is 1. The molecule has 0 aliphatic carbocycles. The van der Waals surface area contributed by atoms with Crippen molar-refractivity contribution in [2.24, 2.45) is 5.92 Å². The van der Waals surface area contributed by atoms with Gasteiger partial charge in [0.2, 0.25) is 5.78 Å². The minimum absolute atomic E-state index is 0.0496. The number of carbonyl (C=O) groups is 1. The first-order chi connectivity index (χ1) is 17.0. The summed E-state index contributed by atoms with van der Waals surface area (Å²) in [5, 5.41) is 11.1. The zero-order valence-corrected chi connectivity index (χ0v) is 21.4. The fourth-order valence-corrected chi connectivity index (χ4v) is 6.31. The minimum atomic E-state index is 0.0496. The Morgan fingerprint density at radius 2 is 1.77 bits per heavy atom. The van der Waals surface area contributed by atoms with Gasteiger partial charge in [-0.25, -0.2) is 0 Å². The third kappa shape index (κ3) is 5.50. The zero-order valence-electron chi connectivity index (χ0n) is 20.6. The normalized spacial score (nSPS) is 16.2. The molecule has 0 saturated carbocycles. The molecule has 4 aromatic rings. The smallest absolute Gasteiger partial charge is 0.203 e. The molecule has 1 N–H and O–H groups in total. The van der Waals surface area contributed by atoms with Crippen molar-refractivity contribution in [1.29, 1.82) is 0 Å². The largest absolute Gasteiger partial charge is 0.508 e. The summed E-state index contributed by atoms with van der Waals surface area (Å²) in [6.45, 7) is 8.05. The molecule has 0 bridgehead atoms. The number of phenolic OH excluding ortho intramolecular Hbond substituents is 1. The van der Waals surface area contributed by atoms with Gasteiger partial charge in [0.25, 0.3) is 0 Å². The monoisotopic (exact) mass is 483 g/mol. The summed E-state index contributed by atoms with van der Waals surface area (Å²) < 4.78 is 0.948. The van der Waals surface area contributed by atoms with Gasteiger partial charge < -0.3 is 10.0 Å². The van der Waals surface area contributed by atoms with Crippen LogP contribution < -0.4 is 0 Å². The summed E-state index contributed by atoms with van der Waals surface area (Å²) in [6.07, 6.45) is 4.33. The van der Waals surface area contributed by atoms with Crippen LogP contribution >= 0.6 is 11.3 Å². The quantitative estimate of drug-likeness (QED) is 0.274. The number of hydrogen-bond acceptors (Lipinski definition) is 4. The molecule has 35 heavy (non-hydrogen) atoms. The topological polar surface area (TPSA) is 40.5 Å². The first kappa shape index (κ1) is 23.8. The fourth-order valence-electron chi connectivity index (χ4n) is 5.10. The van der Waals surface area contributed by atoms with Crippen LogP contribution in [0.2, 0.25) is 0 Å². The van der Waals surface area contributed by atoms with E-state index in [1.165, 1.54) is 54.9 Å². The van der Waals surface area contributed by atoms with Crippen LogP contribution in [0, 0.1) is 12.8 Å². The molecule has 2 heterocycles. The van der Waals surface area contributed by atoms with Crippen LogP contribution in [0.25, 0.3) is 10.1 Å². The predicted molar refractivity (Wildman–Crippen MR) is 146 cm³/mol. The van der Waals surface area contributed by atoms with E-state index in [0.717, 1.165) is 38.4 Å². The molecule has 1 fully saturated rings. The summed E-state index contributed by atoms with van der Waals surface area (Å²) in [5.41, 5.74) is 5.46. The number of carbonyl (C=O) groups excluding carboxylic acids is 1. The molecule has 1 aliphatic rings. The van der Waals surface area contributed by atoms with Gasteiger partial charge in [-0.15, -0.1) is 11.3 Å². The second kappa shape index (κ2) is 10.3. The Morgan fingerprint density at radius 3 is 2.49 bits per heavy atom. The average molecular weight is 484 g/mol. The summed E-state index contributed by atoms with van der Waals surface area (Å²) in [5.74, 6) is 1.12. The minimum Gasteiger partial charge on any atom is -0.508 e. The van der Waals surface area contributed by atoms with Gasteiger partial charge in [0.05, 0.1) is 4.88 Å². The summed E-state index contributed by atoms with van der Waals surface area (Å²) in [7, 11) is 0. The Kier molecular flexibility index (Phi) is 7.03. The van der Waals surface area contributed by atoms with Crippen LogP contribution in [-0.2, 0) is 12.8 Å².